The first-order chi connectivity index (χ1) is 12.4. The third-order valence-corrected chi connectivity index (χ3v) is 5.89. The lowest BCUT2D eigenvalue weighted by Crippen LogP contribution is -2.42. The summed E-state index contributed by atoms with van der Waals surface area (Å²) in [5, 5.41) is 0. The molecule has 0 amide bonds. The van der Waals surface area contributed by atoms with Crippen molar-refractivity contribution in [3.8, 4) is 0 Å². The zero-order valence-corrected chi connectivity index (χ0v) is 13.8. The van der Waals surface area contributed by atoms with Gasteiger partial charge in [0.15, 0.2) is 0 Å². The van der Waals surface area contributed by atoms with Gasteiger partial charge in [-0.1, -0.05) is 60.7 Å². The topological polar surface area (TPSA) is 6.48 Å². The molecule has 0 N–H and O–H groups in total. The Labute approximate surface area is 147 Å². The van der Waals surface area contributed by atoms with E-state index in [1.165, 1.54) is 33.9 Å². The van der Waals surface area contributed by atoms with Crippen LogP contribution in [0, 0.1) is 5.92 Å². The van der Waals surface area contributed by atoms with Crippen molar-refractivity contribution < 1.29 is 0 Å². The maximum atomic E-state index is 4.41. The first-order valence-electron chi connectivity index (χ1n) is 8.86. The molecule has 3 atom stereocenters. The Kier molecular flexibility index (Phi) is 2.42. The molecular weight excluding hydrogens is 304 g/mol. The number of benzene rings is 3. The van der Waals surface area contributed by atoms with Gasteiger partial charge in [0.1, 0.15) is 6.17 Å². The van der Waals surface area contributed by atoms with E-state index in [4.69, 9.17) is 0 Å². The fraction of sp³-hybridized carbons (Fsp3) is 0.130. The lowest BCUT2D eigenvalue weighted by atomic mass is 9.99. The summed E-state index contributed by atoms with van der Waals surface area (Å²) in [6.07, 6.45) is 0.284. The van der Waals surface area contributed by atoms with Gasteiger partial charge in [-0.3, -0.25) is 0 Å². The van der Waals surface area contributed by atoms with Gasteiger partial charge in [0, 0.05) is 23.2 Å². The number of fused-ring (bicyclic) bond motifs is 8. The quantitative estimate of drug-likeness (QED) is 0.539. The molecular formula is C23H18N2. The van der Waals surface area contributed by atoms with E-state index in [9.17, 15) is 0 Å². The van der Waals surface area contributed by atoms with Gasteiger partial charge in [0.25, 0.3) is 0 Å². The Morgan fingerprint density at radius 2 is 1.24 bits per heavy atom. The van der Waals surface area contributed by atoms with Crippen molar-refractivity contribution in [3.05, 3.63) is 96.6 Å². The van der Waals surface area contributed by atoms with Gasteiger partial charge in [-0.25, -0.2) is 0 Å². The monoisotopic (exact) mass is 322 g/mol. The van der Waals surface area contributed by atoms with E-state index in [1.54, 1.807) is 0 Å². The Hall–Kier alpha value is -3.00. The van der Waals surface area contributed by atoms with Gasteiger partial charge in [-0.2, -0.15) is 0 Å². The summed E-state index contributed by atoms with van der Waals surface area (Å²) in [5.74, 6) is 0.987. The van der Waals surface area contributed by atoms with Crippen LogP contribution in [0.15, 0.2) is 91.0 Å². The number of anilines is 4. The van der Waals surface area contributed by atoms with E-state index in [0.29, 0.717) is 11.8 Å². The van der Waals surface area contributed by atoms with Crippen LogP contribution in [0.3, 0.4) is 0 Å². The molecule has 2 aliphatic heterocycles. The van der Waals surface area contributed by atoms with Crippen molar-refractivity contribution in [2.45, 2.75) is 12.1 Å². The van der Waals surface area contributed by atoms with E-state index in [2.05, 4.69) is 95.2 Å². The highest BCUT2D eigenvalue weighted by atomic mass is 15.4. The van der Waals surface area contributed by atoms with Crippen molar-refractivity contribution >= 4 is 22.7 Å². The first-order valence-corrected chi connectivity index (χ1v) is 8.86. The van der Waals surface area contributed by atoms with Crippen molar-refractivity contribution in [1.82, 2.24) is 0 Å². The summed E-state index contributed by atoms with van der Waals surface area (Å²) < 4.78 is 0. The summed E-state index contributed by atoms with van der Waals surface area (Å²) in [6.45, 7) is 4.41. The van der Waals surface area contributed by atoms with Crippen LogP contribution in [0.2, 0.25) is 0 Å². The first kappa shape index (κ1) is 13.3. The van der Waals surface area contributed by atoms with Crippen LogP contribution in [0.1, 0.15) is 11.5 Å². The Morgan fingerprint density at radius 1 is 0.640 bits per heavy atom. The van der Waals surface area contributed by atoms with Crippen LogP contribution in [0.5, 0.6) is 0 Å². The highest BCUT2D eigenvalue weighted by Gasteiger charge is 2.59. The summed E-state index contributed by atoms with van der Waals surface area (Å²) >= 11 is 0. The Balaban J connectivity index is 1.64. The van der Waals surface area contributed by atoms with Crippen LogP contribution in [0.4, 0.5) is 22.7 Å². The molecule has 0 spiro atoms. The Bertz CT molecular complexity index is 1010. The number of hydrogen-bond acceptors (Lipinski definition) is 2. The highest BCUT2D eigenvalue weighted by Crippen LogP contribution is 2.66. The molecule has 0 aromatic heterocycles. The molecule has 6 rings (SSSR count). The smallest absolute Gasteiger partial charge is 0.118 e. The van der Waals surface area contributed by atoms with Gasteiger partial charge in [0.05, 0.1) is 11.4 Å². The number of rotatable bonds is 1. The molecule has 1 saturated carbocycles. The fourth-order valence-electron chi connectivity index (χ4n) is 4.81. The lowest BCUT2D eigenvalue weighted by Gasteiger charge is -2.37. The van der Waals surface area contributed by atoms with Crippen LogP contribution >= 0.6 is 0 Å². The predicted molar refractivity (Wildman–Crippen MR) is 103 cm³/mol. The summed E-state index contributed by atoms with van der Waals surface area (Å²) in [4.78, 5) is 5.03. The second kappa shape index (κ2) is 4.54. The SMILES string of the molecule is C=C1C2c3ccccc3N3c4ccccc4N(c4ccccc4)C3C12. The van der Waals surface area contributed by atoms with Gasteiger partial charge in [0.2, 0.25) is 0 Å². The minimum Gasteiger partial charge on any atom is -0.318 e. The average Bonchev–Trinajstić information content (AvgIpc) is 3.22. The summed E-state index contributed by atoms with van der Waals surface area (Å²) in [6, 6.07) is 28.3. The summed E-state index contributed by atoms with van der Waals surface area (Å²) in [5.41, 5.74) is 7.96. The molecule has 1 fully saturated rings. The van der Waals surface area contributed by atoms with Crippen molar-refractivity contribution in [2.75, 3.05) is 9.80 Å². The molecule has 2 heterocycles. The maximum Gasteiger partial charge on any atom is 0.118 e. The normalized spacial score (nSPS) is 25.1. The van der Waals surface area contributed by atoms with E-state index in [-0.39, 0.29) is 6.17 Å². The van der Waals surface area contributed by atoms with Gasteiger partial charge >= 0.3 is 0 Å². The van der Waals surface area contributed by atoms with E-state index < -0.39 is 0 Å². The minimum atomic E-state index is 0.284. The number of para-hydroxylation sites is 4. The molecule has 3 aromatic rings. The van der Waals surface area contributed by atoms with Crippen molar-refractivity contribution in [1.29, 1.82) is 0 Å². The van der Waals surface area contributed by atoms with E-state index in [1.807, 2.05) is 0 Å². The molecule has 0 saturated heterocycles. The standard InChI is InChI=1S/C23H18N2/c1-15-21-17-11-5-6-12-18(17)25-20-14-8-7-13-19(20)24(23(25)22(15)21)16-9-3-2-4-10-16/h2-14,21-23H,1H2. The van der Waals surface area contributed by atoms with Crippen LogP contribution in [-0.4, -0.2) is 6.17 Å². The number of hydrogen-bond donors (Lipinski definition) is 0. The average molecular weight is 322 g/mol. The molecule has 0 bridgehead atoms. The minimum absolute atomic E-state index is 0.284. The largest absolute Gasteiger partial charge is 0.318 e. The van der Waals surface area contributed by atoms with Crippen LogP contribution in [-0.2, 0) is 0 Å². The van der Waals surface area contributed by atoms with Gasteiger partial charge < -0.3 is 9.80 Å². The third kappa shape index (κ3) is 1.59. The molecule has 3 unspecified atom stereocenters. The van der Waals surface area contributed by atoms with Crippen LogP contribution in [0.25, 0.3) is 0 Å². The van der Waals surface area contributed by atoms with Gasteiger partial charge in [-0.05, 0) is 35.9 Å². The molecule has 2 nitrogen and oxygen atoms in total. The lowest BCUT2D eigenvalue weighted by molar-refractivity contribution is 0.587. The zero-order valence-electron chi connectivity index (χ0n) is 13.8. The molecule has 3 aromatic carbocycles. The van der Waals surface area contributed by atoms with Crippen molar-refractivity contribution in [2.24, 2.45) is 5.92 Å². The molecule has 120 valence electrons. The predicted octanol–water partition coefficient (Wildman–Crippen LogP) is 5.59. The second-order valence-electron chi connectivity index (χ2n) is 7.12. The second-order valence-corrected chi connectivity index (χ2v) is 7.12. The van der Waals surface area contributed by atoms with Crippen molar-refractivity contribution in [3.63, 3.8) is 0 Å². The summed E-state index contributed by atoms with van der Waals surface area (Å²) in [7, 11) is 0. The zero-order chi connectivity index (χ0) is 16.5. The Morgan fingerprint density at radius 3 is 2.00 bits per heavy atom. The molecule has 0 radical (unpaired) electrons. The highest BCUT2D eigenvalue weighted by molar-refractivity contribution is 5.91. The number of nitrogens with zero attached hydrogens (tertiary/aromatic N) is 2. The van der Waals surface area contributed by atoms with Crippen LogP contribution < -0.4 is 9.80 Å². The molecule has 3 aliphatic rings. The molecule has 1 aliphatic carbocycles. The maximum absolute atomic E-state index is 4.41. The van der Waals surface area contributed by atoms with Gasteiger partial charge in [-0.15, -0.1) is 0 Å². The molecule has 25 heavy (non-hydrogen) atoms. The van der Waals surface area contributed by atoms with E-state index >= 15 is 0 Å². The third-order valence-electron chi connectivity index (χ3n) is 5.89. The fourth-order valence-corrected chi connectivity index (χ4v) is 4.81. The molecule has 2 heteroatoms. The van der Waals surface area contributed by atoms with E-state index in [0.717, 1.165) is 0 Å².